The molecule has 5 heteroatoms. The van der Waals surface area contributed by atoms with Crippen LogP contribution in [0.2, 0.25) is 0 Å². The van der Waals surface area contributed by atoms with Crippen molar-refractivity contribution in [1.29, 1.82) is 0 Å². The Labute approximate surface area is 140 Å². The van der Waals surface area contributed by atoms with Gasteiger partial charge in [-0.1, -0.05) is 42.5 Å². The fraction of sp³-hybridized carbons (Fsp3) is 0.316. The molecule has 0 spiro atoms. The van der Waals surface area contributed by atoms with Gasteiger partial charge in [-0.15, -0.1) is 0 Å². The van der Waals surface area contributed by atoms with Crippen LogP contribution in [0, 0.1) is 5.82 Å². The first-order valence-corrected chi connectivity index (χ1v) is 7.98. The fourth-order valence-corrected chi connectivity index (χ4v) is 3.03. The molecule has 1 aliphatic rings. The lowest BCUT2D eigenvalue weighted by molar-refractivity contribution is -0.137. The summed E-state index contributed by atoms with van der Waals surface area (Å²) in [5, 5.41) is 9.92. The van der Waals surface area contributed by atoms with Crippen LogP contribution >= 0.6 is 0 Å². The van der Waals surface area contributed by atoms with E-state index in [9.17, 15) is 14.3 Å². The molecule has 24 heavy (non-hydrogen) atoms. The van der Waals surface area contributed by atoms with Crippen molar-refractivity contribution in [2.45, 2.75) is 25.2 Å². The van der Waals surface area contributed by atoms with E-state index in [0.29, 0.717) is 18.6 Å². The molecule has 0 bridgehead atoms. The van der Waals surface area contributed by atoms with E-state index in [2.05, 4.69) is 0 Å². The predicted molar refractivity (Wildman–Crippen MR) is 87.6 cm³/mol. The van der Waals surface area contributed by atoms with E-state index >= 15 is 0 Å². The Morgan fingerprint density at radius 2 is 2.00 bits per heavy atom. The number of hydrogen-bond acceptors (Lipinski definition) is 3. The number of halogens is 1. The molecule has 2 aromatic rings. The van der Waals surface area contributed by atoms with Gasteiger partial charge in [0.15, 0.2) is 0 Å². The third-order valence-electron chi connectivity index (χ3n) is 4.17. The number of amides is 1. The zero-order valence-electron chi connectivity index (χ0n) is 13.3. The molecule has 4 nitrogen and oxygen atoms in total. The highest BCUT2D eigenvalue weighted by Crippen LogP contribution is 2.32. The number of hydrogen-bond donors (Lipinski definition) is 1. The molecule has 1 heterocycles. The number of carbonyl (C=O) groups is 1. The highest BCUT2D eigenvalue weighted by atomic mass is 19.1. The molecule has 1 N–H and O–H groups in total. The summed E-state index contributed by atoms with van der Waals surface area (Å²) in [6.07, 6.45) is -0.190. The minimum absolute atomic E-state index is 0.0621. The van der Waals surface area contributed by atoms with Crippen LogP contribution < -0.4 is 0 Å². The Bertz CT molecular complexity index is 692. The highest BCUT2D eigenvalue weighted by molar-refractivity contribution is 5.78. The van der Waals surface area contributed by atoms with Gasteiger partial charge >= 0.3 is 0 Å². The van der Waals surface area contributed by atoms with Gasteiger partial charge in [-0.05, 0) is 29.7 Å². The molecule has 0 saturated carbocycles. The van der Waals surface area contributed by atoms with E-state index in [-0.39, 0.29) is 30.9 Å². The van der Waals surface area contributed by atoms with Crippen molar-refractivity contribution in [3.63, 3.8) is 0 Å². The first-order valence-electron chi connectivity index (χ1n) is 7.98. The van der Waals surface area contributed by atoms with Crippen LogP contribution in [-0.4, -0.2) is 35.2 Å². The summed E-state index contributed by atoms with van der Waals surface area (Å²) < 4.78 is 18.9. The van der Waals surface area contributed by atoms with Gasteiger partial charge in [-0.2, -0.15) is 0 Å². The maximum Gasteiger partial charge on any atom is 0.249 e. The van der Waals surface area contributed by atoms with E-state index in [1.165, 1.54) is 12.1 Å². The molecule has 2 aromatic carbocycles. The number of carbonyl (C=O) groups excluding carboxylic acids is 1. The molecule has 2 atom stereocenters. The van der Waals surface area contributed by atoms with Crippen molar-refractivity contribution in [1.82, 2.24) is 4.90 Å². The Kier molecular flexibility index (Phi) is 5.23. The van der Waals surface area contributed by atoms with Crippen molar-refractivity contribution < 1.29 is 19.0 Å². The average Bonchev–Trinajstić information content (AvgIpc) is 2.98. The third-order valence-corrected chi connectivity index (χ3v) is 4.17. The maximum atomic E-state index is 13.4. The van der Waals surface area contributed by atoms with E-state index in [1.807, 2.05) is 30.3 Å². The lowest BCUT2D eigenvalue weighted by Crippen LogP contribution is -2.34. The summed E-state index contributed by atoms with van der Waals surface area (Å²) in [4.78, 5) is 14.0. The van der Waals surface area contributed by atoms with E-state index < -0.39 is 6.10 Å². The molecule has 0 aromatic heterocycles. The van der Waals surface area contributed by atoms with Crippen LogP contribution in [0.25, 0.3) is 0 Å². The Morgan fingerprint density at radius 3 is 2.75 bits per heavy atom. The van der Waals surface area contributed by atoms with Crippen molar-refractivity contribution in [3.8, 4) is 0 Å². The van der Waals surface area contributed by atoms with Gasteiger partial charge in [-0.25, -0.2) is 4.39 Å². The summed E-state index contributed by atoms with van der Waals surface area (Å²) >= 11 is 0. The molecule has 0 aliphatic carbocycles. The van der Waals surface area contributed by atoms with Gasteiger partial charge in [-0.3, -0.25) is 4.79 Å². The van der Waals surface area contributed by atoms with Gasteiger partial charge in [0.05, 0.1) is 18.8 Å². The van der Waals surface area contributed by atoms with E-state index in [1.54, 1.807) is 17.0 Å². The van der Waals surface area contributed by atoms with Crippen LogP contribution in [0.4, 0.5) is 4.39 Å². The van der Waals surface area contributed by atoms with Gasteiger partial charge in [0, 0.05) is 6.54 Å². The first-order chi connectivity index (χ1) is 11.6. The van der Waals surface area contributed by atoms with Crippen LogP contribution in [0.1, 0.15) is 23.6 Å². The molecule has 1 amide bonds. The summed E-state index contributed by atoms with van der Waals surface area (Å²) in [6, 6.07) is 15.5. The van der Waals surface area contributed by atoms with Crippen LogP contribution in [0.3, 0.4) is 0 Å². The Hall–Kier alpha value is -2.24. The van der Waals surface area contributed by atoms with Crippen molar-refractivity contribution >= 4 is 5.91 Å². The third kappa shape index (κ3) is 3.99. The number of ether oxygens (including phenoxy) is 1. The molecule has 1 fully saturated rings. The van der Waals surface area contributed by atoms with E-state index in [4.69, 9.17) is 4.74 Å². The smallest absolute Gasteiger partial charge is 0.249 e. The second kappa shape index (κ2) is 7.55. The normalized spacial score (nSPS) is 20.3. The molecule has 0 radical (unpaired) electrons. The van der Waals surface area contributed by atoms with Gasteiger partial charge in [0.2, 0.25) is 5.91 Å². The summed E-state index contributed by atoms with van der Waals surface area (Å²) in [7, 11) is 0. The van der Waals surface area contributed by atoms with Crippen molar-refractivity contribution in [3.05, 3.63) is 71.5 Å². The molecule has 1 aliphatic heterocycles. The van der Waals surface area contributed by atoms with Crippen LogP contribution in [0.5, 0.6) is 0 Å². The standard InChI is InChI=1S/C19H20FNO3/c20-16-8-4-7-15(9-16)18-10-17(22)11-21(18)19(23)13-24-12-14-5-2-1-3-6-14/h1-9,17-18,22H,10-13H2/t17-,18-/m0/s1. The predicted octanol–water partition coefficient (Wildman–Crippen LogP) is 2.68. The van der Waals surface area contributed by atoms with Gasteiger partial charge < -0.3 is 14.7 Å². The lowest BCUT2D eigenvalue weighted by atomic mass is 10.0. The fourth-order valence-electron chi connectivity index (χ4n) is 3.03. The number of benzene rings is 2. The Morgan fingerprint density at radius 1 is 1.21 bits per heavy atom. The van der Waals surface area contributed by atoms with E-state index in [0.717, 1.165) is 5.56 Å². The molecular weight excluding hydrogens is 309 g/mol. The largest absolute Gasteiger partial charge is 0.391 e. The summed E-state index contributed by atoms with van der Waals surface area (Å²) in [5.74, 6) is -0.543. The highest BCUT2D eigenvalue weighted by Gasteiger charge is 2.35. The minimum atomic E-state index is -0.601. The average molecular weight is 329 g/mol. The molecule has 3 rings (SSSR count). The lowest BCUT2D eigenvalue weighted by Gasteiger charge is -2.24. The first kappa shape index (κ1) is 16.6. The monoisotopic (exact) mass is 329 g/mol. The van der Waals surface area contributed by atoms with Crippen molar-refractivity contribution in [2.24, 2.45) is 0 Å². The van der Waals surface area contributed by atoms with Crippen LogP contribution in [-0.2, 0) is 16.1 Å². The number of aliphatic hydroxyl groups is 1. The molecule has 1 saturated heterocycles. The maximum absolute atomic E-state index is 13.4. The van der Waals surface area contributed by atoms with Gasteiger partial charge in [0.1, 0.15) is 12.4 Å². The second-order valence-corrected chi connectivity index (χ2v) is 5.98. The molecular formula is C19H20FNO3. The molecule has 0 unspecified atom stereocenters. The summed E-state index contributed by atoms with van der Waals surface area (Å²) in [5.41, 5.74) is 1.69. The van der Waals surface area contributed by atoms with Crippen LogP contribution in [0.15, 0.2) is 54.6 Å². The zero-order valence-corrected chi connectivity index (χ0v) is 13.3. The summed E-state index contributed by atoms with van der Waals surface area (Å²) in [6.45, 7) is 0.537. The topological polar surface area (TPSA) is 49.8 Å². The van der Waals surface area contributed by atoms with Gasteiger partial charge in [0.25, 0.3) is 0 Å². The SMILES string of the molecule is O=C(COCc1ccccc1)N1C[C@@H](O)C[C@H]1c1cccc(F)c1. The second-order valence-electron chi connectivity index (χ2n) is 5.98. The van der Waals surface area contributed by atoms with Crippen molar-refractivity contribution in [2.75, 3.05) is 13.2 Å². The molecule has 126 valence electrons. The minimum Gasteiger partial charge on any atom is -0.391 e. The number of nitrogens with zero attached hydrogens (tertiary/aromatic N) is 1. The number of rotatable bonds is 5. The number of aliphatic hydroxyl groups excluding tert-OH is 1. The quantitative estimate of drug-likeness (QED) is 0.917. The zero-order chi connectivity index (χ0) is 16.9. The number of β-amino-alcohol motifs (C(OH)–C–C–N with tert-alkyl or cyclic N) is 1. The number of likely N-dealkylation sites (tertiary alicyclic amines) is 1. The Balaban J connectivity index is 1.62.